The molecule has 0 aliphatic rings. The summed E-state index contributed by atoms with van der Waals surface area (Å²) >= 11 is 0. The van der Waals surface area contributed by atoms with Crippen LogP contribution in [0.4, 0.5) is 0 Å². The van der Waals surface area contributed by atoms with Crippen LogP contribution in [0.25, 0.3) is 10.8 Å². The summed E-state index contributed by atoms with van der Waals surface area (Å²) in [6, 6.07) is 10.2. The first-order valence-corrected chi connectivity index (χ1v) is 4.38. The molecule has 2 rings (SSSR count). The Morgan fingerprint density at radius 3 is 2.77 bits per heavy atom. The first-order chi connectivity index (χ1) is 6.29. The molecule has 2 heteroatoms. The van der Waals surface area contributed by atoms with E-state index in [0.29, 0.717) is 0 Å². The molecule has 0 saturated carbocycles. The Morgan fingerprint density at radius 2 is 2.00 bits per heavy atom. The maximum Gasteiger partial charge on any atom is 0.0646 e. The van der Waals surface area contributed by atoms with E-state index in [2.05, 4.69) is 17.1 Å². The van der Waals surface area contributed by atoms with E-state index < -0.39 is 0 Å². The first-order valence-electron chi connectivity index (χ1n) is 4.38. The Labute approximate surface area is 77.4 Å². The van der Waals surface area contributed by atoms with Crippen molar-refractivity contribution in [2.45, 2.75) is 13.0 Å². The van der Waals surface area contributed by atoms with Gasteiger partial charge in [-0.3, -0.25) is 4.98 Å². The highest BCUT2D eigenvalue weighted by Crippen LogP contribution is 2.19. The van der Waals surface area contributed by atoms with Gasteiger partial charge < -0.3 is 5.73 Å². The molecule has 0 aliphatic heterocycles. The molecule has 0 radical (unpaired) electrons. The van der Waals surface area contributed by atoms with E-state index in [9.17, 15) is 0 Å². The molecule has 1 atom stereocenters. The van der Waals surface area contributed by atoms with Gasteiger partial charge in [-0.25, -0.2) is 0 Å². The third-order valence-electron chi connectivity index (χ3n) is 2.14. The van der Waals surface area contributed by atoms with Crippen LogP contribution >= 0.6 is 0 Å². The lowest BCUT2D eigenvalue weighted by Crippen LogP contribution is -2.07. The van der Waals surface area contributed by atoms with Crippen LogP contribution in [0.15, 0.2) is 36.5 Å². The largest absolute Gasteiger partial charge is 0.323 e. The molecule has 0 amide bonds. The highest BCUT2D eigenvalue weighted by atomic mass is 14.8. The van der Waals surface area contributed by atoms with Crippen molar-refractivity contribution in [2.75, 3.05) is 0 Å². The number of benzene rings is 1. The van der Waals surface area contributed by atoms with Gasteiger partial charge in [0.25, 0.3) is 0 Å². The van der Waals surface area contributed by atoms with Gasteiger partial charge in [0, 0.05) is 17.6 Å². The average molecular weight is 172 g/mol. The first kappa shape index (κ1) is 8.20. The molecule has 2 aromatic rings. The van der Waals surface area contributed by atoms with Crippen molar-refractivity contribution in [3.05, 3.63) is 42.2 Å². The molecule has 0 unspecified atom stereocenters. The van der Waals surface area contributed by atoms with Crippen LogP contribution in [-0.4, -0.2) is 4.98 Å². The van der Waals surface area contributed by atoms with Gasteiger partial charge in [-0.2, -0.15) is 0 Å². The van der Waals surface area contributed by atoms with Crippen LogP contribution in [0.1, 0.15) is 18.7 Å². The van der Waals surface area contributed by atoms with E-state index in [1.807, 2.05) is 25.1 Å². The molecule has 66 valence electrons. The summed E-state index contributed by atoms with van der Waals surface area (Å²) in [6.45, 7) is 1.95. The van der Waals surface area contributed by atoms with Gasteiger partial charge in [0.15, 0.2) is 0 Å². The summed E-state index contributed by atoms with van der Waals surface area (Å²) in [5.74, 6) is 0. The second kappa shape index (κ2) is 3.15. The fourth-order valence-corrected chi connectivity index (χ4v) is 1.51. The van der Waals surface area contributed by atoms with Crippen LogP contribution in [0.2, 0.25) is 0 Å². The Morgan fingerprint density at radius 1 is 1.23 bits per heavy atom. The topological polar surface area (TPSA) is 38.9 Å². The van der Waals surface area contributed by atoms with Crippen LogP contribution in [-0.2, 0) is 0 Å². The van der Waals surface area contributed by atoms with E-state index in [0.717, 1.165) is 11.1 Å². The minimum atomic E-state index is -0.00824. The predicted molar refractivity (Wildman–Crippen MR) is 54.3 cm³/mol. The highest BCUT2D eigenvalue weighted by molar-refractivity contribution is 5.84. The van der Waals surface area contributed by atoms with Crippen molar-refractivity contribution in [1.82, 2.24) is 4.98 Å². The number of hydrogen-bond donors (Lipinski definition) is 1. The molecular formula is C11H12N2. The molecule has 1 aromatic carbocycles. The van der Waals surface area contributed by atoms with Crippen molar-refractivity contribution < 1.29 is 0 Å². The zero-order valence-corrected chi connectivity index (χ0v) is 7.57. The number of rotatable bonds is 1. The smallest absolute Gasteiger partial charge is 0.0646 e. The minimum Gasteiger partial charge on any atom is -0.323 e. The van der Waals surface area contributed by atoms with E-state index in [-0.39, 0.29) is 6.04 Å². The maximum atomic E-state index is 5.82. The summed E-state index contributed by atoms with van der Waals surface area (Å²) in [4.78, 5) is 4.28. The van der Waals surface area contributed by atoms with Gasteiger partial charge >= 0.3 is 0 Å². The zero-order valence-electron chi connectivity index (χ0n) is 7.57. The van der Waals surface area contributed by atoms with Gasteiger partial charge in [0.1, 0.15) is 0 Å². The van der Waals surface area contributed by atoms with Gasteiger partial charge in [0.05, 0.1) is 5.69 Å². The molecule has 0 saturated heterocycles. The van der Waals surface area contributed by atoms with Crippen molar-refractivity contribution in [1.29, 1.82) is 0 Å². The maximum absolute atomic E-state index is 5.82. The molecule has 1 aromatic heterocycles. The number of fused-ring (bicyclic) bond motifs is 1. The molecular weight excluding hydrogens is 160 g/mol. The second-order valence-electron chi connectivity index (χ2n) is 3.21. The van der Waals surface area contributed by atoms with Crippen LogP contribution in [0, 0.1) is 0 Å². The van der Waals surface area contributed by atoms with Gasteiger partial charge in [-0.1, -0.05) is 24.3 Å². The van der Waals surface area contributed by atoms with Gasteiger partial charge in [0.2, 0.25) is 0 Å². The van der Waals surface area contributed by atoms with Crippen molar-refractivity contribution in [3.63, 3.8) is 0 Å². The van der Waals surface area contributed by atoms with E-state index in [1.54, 1.807) is 6.20 Å². The fraction of sp³-hybridized carbons (Fsp3) is 0.182. The lowest BCUT2D eigenvalue weighted by Gasteiger charge is -2.07. The molecule has 0 aliphatic carbocycles. The number of pyridine rings is 1. The normalized spacial score (nSPS) is 13.1. The molecule has 2 nitrogen and oxygen atoms in total. The SMILES string of the molecule is C[C@@H](N)c1nccc2ccccc12. The number of nitrogens with two attached hydrogens (primary N) is 1. The van der Waals surface area contributed by atoms with Crippen LogP contribution in [0.5, 0.6) is 0 Å². The van der Waals surface area contributed by atoms with Crippen molar-refractivity contribution in [2.24, 2.45) is 5.73 Å². The van der Waals surface area contributed by atoms with Crippen LogP contribution < -0.4 is 5.73 Å². The number of hydrogen-bond acceptors (Lipinski definition) is 2. The van der Waals surface area contributed by atoms with Gasteiger partial charge in [-0.15, -0.1) is 0 Å². The Hall–Kier alpha value is -1.41. The Kier molecular flexibility index (Phi) is 1.99. The number of aromatic nitrogens is 1. The second-order valence-corrected chi connectivity index (χ2v) is 3.21. The summed E-state index contributed by atoms with van der Waals surface area (Å²) in [5.41, 5.74) is 6.79. The summed E-state index contributed by atoms with van der Waals surface area (Å²) in [7, 11) is 0. The summed E-state index contributed by atoms with van der Waals surface area (Å²) in [5, 5.41) is 2.35. The van der Waals surface area contributed by atoms with Crippen molar-refractivity contribution >= 4 is 10.8 Å². The Bertz CT molecular complexity index is 416. The predicted octanol–water partition coefficient (Wildman–Crippen LogP) is 2.25. The quantitative estimate of drug-likeness (QED) is 0.716. The zero-order chi connectivity index (χ0) is 9.26. The van der Waals surface area contributed by atoms with Crippen molar-refractivity contribution in [3.8, 4) is 0 Å². The fourth-order valence-electron chi connectivity index (χ4n) is 1.51. The van der Waals surface area contributed by atoms with Crippen LogP contribution in [0.3, 0.4) is 0 Å². The molecule has 0 fully saturated rings. The third-order valence-corrected chi connectivity index (χ3v) is 2.14. The summed E-state index contributed by atoms with van der Waals surface area (Å²) < 4.78 is 0. The monoisotopic (exact) mass is 172 g/mol. The Balaban J connectivity index is 2.76. The van der Waals surface area contributed by atoms with E-state index >= 15 is 0 Å². The highest BCUT2D eigenvalue weighted by Gasteiger charge is 2.04. The molecule has 13 heavy (non-hydrogen) atoms. The average Bonchev–Trinajstić information content (AvgIpc) is 2.17. The third kappa shape index (κ3) is 1.40. The summed E-state index contributed by atoms with van der Waals surface area (Å²) in [6.07, 6.45) is 1.81. The molecule has 0 bridgehead atoms. The molecule has 1 heterocycles. The van der Waals surface area contributed by atoms with Gasteiger partial charge in [-0.05, 0) is 18.4 Å². The number of nitrogens with zero attached hydrogens (tertiary/aromatic N) is 1. The molecule has 0 spiro atoms. The molecule has 2 N–H and O–H groups in total. The lowest BCUT2D eigenvalue weighted by atomic mass is 10.1. The standard InChI is InChI=1S/C11H12N2/c1-8(12)11-10-5-3-2-4-9(10)6-7-13-11/h2-8H,12H2,1H3/t8-/m1/s1. The lowest BCUT2D eigenvalue weighted by molar-refractivity contribution is 0.791. The van der Waals surface area contributed by atoms with E-state index in [1.165, 1.54) is 5.39 Å². The minimum absolute atomic E-state index is 0.00824. The van der Waals surface area contributed by atoms with E-state index in [4.69, 9.17) is 5.73 Å².